The molecular weight excluding hydrogens is 270 g/mol. The fourth-order valence-corrected chi connectivity index (χ4v) is 3.05. The van der Waals surface area contributed by atoms with Crippen molar-refractivity contribution in [1.82, 2.24) is 4.90 Å². The standard InChI is InChI=1S/C16H23NO4/c1-20-14-9-5-6-12(16(14)21-2)10-17(11-15(18)19)13-7-3-4-8-13/h5-6,9,13H,3-4,7-8,10-11H2,1-2H3,(H,18,19). The first-order chi connectivity index (χ1) is 10.2. The highest BCUT2D eigenvalue weighted by Gasteiger charge is 2.25. The van der Waals surface area contributed by atoms with E-state index in [1.165, 1.54) is 12.8 Å². The van der Waals surface area contributed by atoms with Gasteiger partial charge in [-0.05, 0) is 18.9 Å². The second kappa shape index (κ2) is 7.31. The molecule has 1 N–H and O–H groups in total. The Balaban J connectivity index is 2.21. The van der Waals surface area contributed by atoms with Gasteiger partial charge < -0.3 is 14.6 Å². The molecule has 1 aromatic carbocycles. The molecule has 0 aromatic heterocycles. The van der Waals surface area contributed by atoms with E-state index in [0.29, 0.717) is 24.1 Å². The summed E-state index contributed by atoms with van der Waals surface area (Å²) in [5.74, 6) is 0.578. The Morgan fingerprint density at radius 2 is 2.00 bits per heavy atom. The molecule has 0 saturated heterocycles. The zero-order valence-corrected chi connectivity index (χ0v) is 12.7. The van der Waals surface area contributed by atoms with E-state index in [9.17, 15) is 4.79 Å². The Morgan fingerprint density at radius 1 is 1.29 bits per heavy atom. The number of ether oxygens (including phenoxy) is 2. The topological polar surface area (TPSA) is 59.0 Å². The van der Waals surface area contributed by atoms with Crippen LogP contribution in [0.3, 0.4) is 0 Å². The van der Waals surface area contributed by atoms with Gasteiger partial charge in [0.25, 0.3) is 0 Å². The van der Waals surface area contributed by atoms with Crippen LogP contribution in [0.15, 0.2) is 18.2 Å². The highest BCUT2D eigenvalue weighted by Crippen LogP contribution is 2.33. The summed E-state index contributed by atoms with van der Waals surface area (Å²) in [6.45, 7) is 0.627. The average molecular weight is 293 g/mol. The van der Waals surface area contributed by atoms with E-state index in [4.69, 9.17) is 14.6 Å². The minimum absolute atomic E-state index is 0.0605. The predicted molar refractivity (Wildman–Crippen MR) is 79.8 cm³/mol. The van der Waals surface area contributed by atoms with Gasteiger partial charge in [0.2, 0.25) is 0 Å². The van der Waals surface area contributed by atoms with Gasteiger partial charge in [0, 0.05) is 18.2 Å². The summed E-state index contributed by atoms with van der Waals surface area (Å²) >= 11 is 0. The predicted octanol–water partition coefficient (Wildman–Crippen LogP) is 2.53. The number of carbonyl (C=O) groups is 1. The molecule has 1 saturated carbocycles. The lowest BCUT2D eigenvalue weighted by molar-refractivity contribution is -0.139. The fraction of sp³-hybridized carbons (Fsp3) is 0.562. The lowest BCUT2D eigenvalue weighted by Gasteiger charge is -2.28. The number of carboxylic acid groups (broad SMARTS) is 1. The molecule has 0 amide bonds. The first-order valence-corrected chi connectivity index (χ1v) is 7.31. The van der Waals surface area contributed by atoms with E-state index >= 15 is 0 Å². The third kappa shape index (κ3) is 3.88. The van der Waals surface area contributed by atoms with Crippen molar-refractivity contribution >= 4 is 5.97 Å². The van der Waals surface area contributed by atoms with Crippen LogP contribution in [0.25, 0.3) is 0 Å². The molecule has 5 nitrogen and oxygen atoms in total. The molecule has 1 aliphatic carbocycles. The zero-order chi connectivity index (χ0) is 15.2. The number of nitrogens with zero attached hydrogens (tertiary/aromatic N) is 1. The number of benzene rings is 1. The second-order valence-corrected chi connectivity index (χ2v) is 5.39. The van der Waals surface area contributed by atoms with Crippen LogP contribution in [0.1, 0.15) is 31.2 Å². The summed E-state index contributed by atoms with van der Waals surface area (Å²) in [5, 5.41) is 9.15. The highest BCUT2D eigenvalue weighted by atomic mass is 16.5. The lowest BCUT2D eigenvalue weighted by atomic mass is 10.1. The number of rotatable bonds is 7. The van der Waals surface area contributed by atoms with Gasteiger partial charge in [-0.25, -0.2) is 0 Å². The van der Waals surface area contributed by atoms with Crippen LogP contribution < -0.4 is 9.47 Å². The maximum absolute atomic E-state index is 11.1. The fourth-order valence-electron chi connectivity index (χ4n) is 3.05. The van der Waals surface area contributed by atoms with E-state index in [-0.39, 0.29) is 6.54 Å². The summed E-state index contributed by atoms with van der Waals surface area (Å²) < 4.78 is 10.7. The molecule has 1 aliphatic rings. The Hall–Kier alpha value is -1.75. The van der Waals surface area contributed by atoms with Crippen molar-refractivity contribution in [2.75, 3.05) is 20.8 Å². The summed E-state index contributed by atoms with van der Waals surface area (Å²) in [6, 6.07) is 6.06. The highest BCUT2D eigenvalue weighted by molar-refractivity contribution is 5.69. The van der Waals surface area contributed by atoms with Crippen LogP contribution in [0.4, 0.5) is 0 Å². The Bertz CT molecular complexity index is 483. The van der Waals surface area contributed by atoms with Crippen LogP contribution in [0, 0.1) is 0 Å². The molecule has 1 fully saturated rings. The lowest BCUT2D eigenvalue weighted by Crippen LogP contribution is -2.37. The van der Waals surface area contributed by atoms with Crippen molar-refractivity contribution in [2.45, 2.75) is 38.3 Å². The van der Waals surface area contributed by atoms with Gasteiger partial charge in [0.1, 0.15) is 0 Å². The molecule has 0 heterocycles. The van der Waals surface area contributed by atoms with Gasteiger partial charge in [-0.2, -0.15) is 0 Å². The number of hydrogen-bond acceptors (Lipinski definition) is 4. The average Bonchev–Trinajstić information content (AvgIpc) is 3.00. The van der Waals surface area contributed by atoms with Crippen LogP contribution in [-0.4, -0.2) is 42.8 Å². The maximum atomic E-state index is 11.1. The Kier molecular flexibility index (Phi) is 5.44. The SMILES string of the molecule is COc1cccc(CN(CC(=O)O)C2CCCC2)c1OC. The quantitative estimate of drug-likeness (QED) is 0.837. The molecule has 116 valence electrons. The van der Waals surface area contributed by atoms with Gasteiger partial charge in [-0.1, -0.05) is 25.0 Å². The van der Waals surface area contributed by atoms with Crippen LogP contribution >= 0.6 is 0 Å². The number of methoxy groups -OCH3 is 2. The van der Waals surface area contributed by atoms with Crippen molar-refractivity contribution in [3.05, 3.63) is 23.8 Å². The zero-order valence-electron chi connectivity index (χ0n) is 12.7. The minimum atomic E-state index is -0.788. The number of carboxylic acids is 1. The van der Waals surface area contributed by atoms with E-state index < -0.39 is 5.97 Å². The molecule has 5 heteroatoms. The Labute approximate surface area is 125 Å². The summed E-state index contributed by atoms with van der Waals surface area (Å²) in [6.07, 6.45) is 4.49. The van der Waals surface area contributed by atoms with Crippen molar-refractivity contribution in [3.8, 4) is 11.5 Å². The molecule has 0 unspecified atom stereocenters. The Morgan fingerprint density at radius 3 is 2.57 bits per heavy atom. The molecule has 0 radical (unpaired) electrons. The van der Waals surface area contributed by atoms with Crippen molar-refractivity contribution in [3.63, 3.8) is 0 Å². The number of aliphatic carboxylic acids is 1. The molecule has 21 heavy (non-hydrogen) atoms. The van der Waals surface area contributed by atoms with Crippen molar-refractivity contribution in [2.24, 2.45) is 0 Å². The van der Waals surface area contributed by atoms with Gasteiger partial charge in [-0.3, -0.25) is 9.69 Å². The third-order valence-corrected chi connectivity index (χ3v) is 4.04. The first kappa shape index (κ1) is 15.6. The van der Waals surface area contributed by atoms with E-state index in [1.54, 1.807) is 14.2 Å². The van der Waals surface area contributed by atoms with E-state index in [1.807, 2.05) is 23.1 Å². The molecule has 0 bridgehead atoms. The molecule has 0 atom stereocenters. The number of hydrogen-bond donors (Lipinski definition) is 1. The summed E-state index contributed by atoms with van der Waals surface area (Å²) in [5.41, 5.74) is 0.963. The van der Waals surface area contributed by atoms with Gasteiger partial charge in [-0.15, -0.1) is 0 Å². The molecule has 0 aliphatic heterocycles. The van der Waals surface area contributed by atoms with Crippen molar-refractivity contribution in [1.29, 1.82) is 0 Å². The third-order valence-electron chi connectivity index (χ3n) is 4.04. The number of para-hydroxylation sites is 1. The smallest absolute Gasteiger partial charge is 0.317 e. The van der Waals surface area contributed by atoms with Crippen molar-refractivity contribution < 1.29 is 19.4 Å². The van der Waals surface area contributed by atoms with E-state index in [2.05, 4.69) is 0 Å². The van der Waals surface area contributed by atoms with Crippen LogP contribution in [0.2, 0.25) is 0 Å². The summed E-state index contributed by atoms with van der Waals surface area (Å²) in [4.78, 5) is 13.2. The van der Waals surface area contributed by atoms with Gasteiger partial charge in [0.15, 0.2) is 11.5 Å². The normalized spacial score (nSPS) is 15.4. The maximum Gasteiger partial charge on any atom is 0.317 e. The monoisotopic (exact) mass is 293 g/mol. The molecule has 0 spiro atoms. The molecular formula is C16H23NO4. The first-order valence-electron chi connectivity index (χ1n) is 7.31. The van der Waals surface area contributed by atoms with Gasteiger partial charge >= 0.3 is 5.97 Å². The summed E-state index contributed by atoms with van der Waals surface area (Å²) in [7, 11) is 3.21. The molecule has 2 rings (SSSR count). The van der Waals surface area contributed by atoms with Gasteiger partial charge in [0.05, 0.1) is 20.8 Å². The largest absolute Gasteiger partial charge is 0.493 e. The van der Waals surface area contributed by atoms with Crippen LogP contribution in [-0.2, 0) is 11.3 Å². The van der Waals surface area contributed by atoms with Crippen LogP contribution in [0.5, 0.6) is 11.5 Å². The van der Waals surface area contributed by atoms with E-state index in [0.717, 1.165) is 18.4 Å². The second-order valence-electron chi connectivity index (χ2n) is 5.39. The molecule has 1 aromatic rings. The minimum Gasteiger partial charge on any atom is -0.493 e.